The van der Waals surface area contributed by atoms with Crippen LogP contribution in [0.5, 0.6) is 5.75 Å². The van der Waals surface area contributed by atoms with Crippen LogP contribution in [0.3, 0.4) is 0 Å². The van der Waals surface area contributed by atoms with Gasteiger partial charge in [-0.2, -0.15) is 0 Å². The number of ether oxygens (including phenoxy) is 1. The van der Waals surface area contributed by atoms with Crippen LogP contribution in [0, 0.1) is 0 Å². The van der Waals surface area contributed by atoms with E-state index in [1.165, 1.54) is 5.56 Å². The van der Waals surface area contributed by atoms with Gasteiger partial charge in [-0.3, -0.25) is 4.90 Å². The van der Waals surface area contributed by atoms with Crippen molar-refractivity contribution in [1.82, 2.24) is 4.90 Å². The van der Waals surface area contributed by atoms with Crippen molar-refractivity contribution in [2.24, 2.45) is 0 Å². The highest BCUT2D eigenvalue weighted by Crippen LogP contribution is 2.25. The second kappa shape index (κ2) is 6.62. The third-order valence-electron chi connectivity index (χ3n) is 2.90. The molecule has 0 aliphatic rings. The Morgan fingerprint density at radius 1 is 1.35 bits per heavy atom. The van der Waals surface area contributed by atoms with Gasteiger partial charge in [0.05, 0.1) is 13.7 Å². The summed E-state index contributed by atoms with van der Waals surface area (Å²) in [6, 6.07) is 6.37. The van der Waals surface area contributed by atoms with E-state index in [0.29, 0.717) is 12.5 Å². The lowest BCUT2D eigenvalue weighted by atomic mass is 10.0. The molecule has 0 radical (unpaired) electrons. The largest absolute Gasteiger partial charge is 0.496 e. The lowest BCUT2D eigenvalue weighted by Gasteiger charge is -2.18. The zero-order valence-electron chi connectivity index (χ0n) is 11.2. The zero-order valence-corrected chi connectivity index (χ0v) is 11.2. The number of benzene rings is 1. The predicted octanol–water partition coefficient (Wildman–Crippen LogP) is 2.24. The van der Waals surface area contributed by atoms with Gasteiger partial charge >= 0.3 is 0 Å². The molecule has 1 N–H and O–H groups in total. The van der Waals surface area contributed by atoms with Crippen LogP contribution in [0.2, 0.25) is 0 Å². The van der Waals surface area contributed by atoms with E-state index in [9.17, 15) is 0 Å². The van der Waals surface area contributed by atoms with Crippen LogP contribution >= 0.6 is 0 Å². The Morgan fingerprint density at radius 2 is 2.06 bits per heavy atom. The van der Waals surface area contributed by atoms with Crippen molar-refractivity contribution in [3.8, 4) is 5.75 Å². The minimum absolute atomic E-state index is 0.183. The SMILES string of the molecule is COc1cc(C(C)C)ccc1CN(C)CCO. The topological polar surface area (TPSA) is 32.7 Å². The van der Waals surface area contributed by atoms with Crippen molar-refractivity contribution in [2.45, 2.75) is 26.3 Å². The van der Waals surface area contributed by atoms with Gasteiger partial charge in [0.2, 0.25) is 0 Å². The maximum Gasteiger partial charge on any atom is 0.123 e. The summed E-state index contributed by atoms with van der Waals surface area (Å²) in [5.74, 6) is 1.44. The smallest absolute Gasteiger partial charge is 0.123 e. The molecule has 17 heavy (non-hydrogen) atoms. The van der Waals surface area contributed by atoms with Crippen molar-refractivity contribution < 1.29 is 9.84 Å². The molecule has 1 rings (SSSR count). The van der Waals surface area contributed by atoms with Gasteiger partial charge in [0.25, 0.3) is 0 Å². The maximum atomic E-state index is 8.89. The molecule has 0 saturated heterocycles. The first-order valence-electron chi connectivity index (χ1n) is 6.04. The first-order chi connectivity index (χ1) is 8.08. The number of methoxy groups -OCH3 is 1. The molecule has 1 aromatic rings. The highest BCUT2D eigenvalue weighted by atomic mass is 16.5. The van der Waals surface area contributed by atoms with E-state index in [4.69, 9.17) is 9.84 Å². The minimum Gasteiger partial charge on any atom is -0.496 e. The Bertz CT molecular complexity index is 350. The van der Waals surface area contributed by atoms with Gasteiger partial charge < -0.3 is 9.84 Å². The summed E-state index contributed by atoms with van der Waals surface area (Å²) in [7, 11) is 3.70. The minimum atomic E-state index is 0.183. The van der Waals surface area contributed by atoms with Crippen molar-refractivity contribution in [3.63, 3.8) is 0 Å². The van der Waals surface area contributed by atoms with Crippen LogP contribution in [-0.2, 0) is 6.54 Å². The monoisotopic (exact) mass is 237 g/mol. The van der Waals surface area contributed by atoms with Gasteiger partial charge in [-0.15, -0.1) is 0 Å². The molecular formula is C14H23NO2. The van der Waals surface area contributed by atoms with E-state index >= 15 is 0 Å². The molecule has 0 fully saturated rings. The van der Waals surface area contributed by atoms with Gasteiger partial charge in [-0.25, -0.2) is 0 Å². The van der Waals surface area contributed by atoms with Crippen LogP contribution in [0.1, 0.15) is 30.9 Å². The number of hydrogen-bond donors (Lipinski definition) is 1. The third kappa shape index (κ3) is 4.02. The molecule has 0 bridgehead atoms. The summed E-state index contributed by atoms with van der Waals surface area (Å²) in [5.41, 5.74) is 2.45. The van der Waals surface area contributed by atoms with Gasteiger partial charge in [0.1, 0.15) is 5.75 Å². The zero-order chi connectivity index (χ0) is 12.8. The number of aliphatic hydroxyl groups excluding tert-OH is 1. The summed E-state index contributed by atoms with van der Waals surface area (Å²) < 4.78 is 5.43. The van der Waals surface area contributed by atoms with E-state index in [-0.39, 0.29) is 6.61 Å². The number of nitrogens with zero attached hydrogens (tertiary/aromatic N) is 1. The molecule has 0 aromatic heterocycles. The van der Waals surface area contributed by atoms with Crippen molar-refractivity contribution in [1.29, 1.82) is 0 Å². The first kappa shape index (κ1) is 14.0. The molecule has 0 aliphatic carbocycles. The van der Waals surface area contributed by atoms with E-state index < -0.39 is 0 Å². The molecule has 0 saturated carbocycles. The fourth-order valence-electron chi connectivity index (χ4n) is 1.79. The van der Waals surface area contributed by atoms with Crippen LogP contribution in [0.25, 0.3) is 0 Å². The summed E-state index contributed by atoms with van der Waals surface area (Å²) >= 11 is 0. The second-order valence-corrected chi connectivity index (χ2v) is 4.69. The van der Waals surface area contributed by atoms with Gasteiger partial charge in [-0.05, 0) is 24.6 Å². The quantitative estimate of drug-likeness (QED) is 0.823. The van der Waals surface area contributed by atoms with Crippen molar-refractivity contribution in [2.75, 3.05) is 27.3 Å². The average molecular weight is 237 g/mol. The lowest BCUT2D eigenvalue weighted by Crippen LogP contribution is -2.21. The third-order valence-corrected chi connectivity index (χ3v) is 2.90. The van der Waals surface area contributed by atoms with Crippen molar-refractivity contribution in [3.05, 3.63) is 29.3 Å². The standard InChI is InChI=1S/C14H23NO2/c1-11(2)12-5-6-13(14(9-12)17-4)10-15(3)7-8-16/h5-6,9,11,16H,7-8,10H2,1-4H3. The van der Waals surface area contributed by atoms with Gasteiger partial charge in [0, 0.05) is 18.7 Å². The number of hydrogen-bond acceptors (Lipinski definition) is 3. The summed E-state index contributed by atoms with van der Waals surface area (Å²) in [6.45, 7) is 6.00. The molecule has 0 unspecified atom stereocenters. The molecule has 0 heterocycles. The molecular weight excluding hydrogens is 214 g/mol. The first-order valence-corrected chi connectivity index (χ1v) is 6.04. The normalized spacial score (nSPS) is 11.2. The lowest BCUT2D eigenvalue weighted by molar-refractivity contribution is 0.216. The summed E-state index contributed by atoms with van der Waals surface area (Å²) in [5, 5.41) is 8.89. The molecule has 3 heteroatoms. The Kier molecular flexibility index (Phi) is 5.45. The highest BCUT2D eigenvalue weighted by Gasteiger charge is 2.08. The Morgan fingerprint density at radius 3 is 2.59 bits per heavy atom. The molecule has 96 valence electrons. The van der Waals surface area contributed by atoms with E-state index in [1.807, 2.05) is 7.05 Å². The Hall–Kier alpha value is -1.06. The molecule has 0 aliphatic heterocycles. The second-order valence-electron chi connectivity index (χ2n) is 4.69. The van der Waals surface area contributed by atoms with Crippen molar-refractivity contribution >= 4 is 0 Å². The van der Waals surface area contributed by atoms with Gasteiger partial charge in [0.15, 0.2) is 0 Å². The fourth-order valence-corrected chi connectivity index (χ4v) is 1.79. The summed E-state index contributed by atoms with van der Waals surface area (Å²) in [4.78, 5) is 2.08. The van der Waals surface area contributed by atoms with E-state index in [0.717, 1.165) is 17.9 Å². The average Bonchev–Trinajstić information content (AvgIpc) is 2.29. The highest BCUT2D eigenvalue weighted by molar-refractivity contribution is 5.38. The van der Waals surface area contributed by atoms with E-state index in [1.54, 1.807) is 7.11 Å². The number of likely N-dealkylation sites (N-methyl/N-ethyl adjacent to an activating group) is 1. The molecule has 1 aromatic carbocycles. The van der Waals surface area contributed by atoms with Crippen LogP contribution in [0.4, 0.5) is 0 Å². The fraction of sp³-hybridized carbons (Fsp3) is 0.571. The molecule has 0 spiro atoms. The summed E-state index contributed by atoms with van der Waals surface area (Å²) in [6.07, 6.45) is 0. The van der Waals surface area contributed by atoms with E-state index in [2.05, 4.69) is 36.9 Å². The maximum absolute atomic E-state index is 8.89. The number of aliphatic hydroxyl groups is 1. The van der Waals surface area contributed by atoms with Crippen LogP contribution in [0.15, 0.2) is 18.2 Å². The Balaban J connectivity index is 2.85. The predicted molar refractivity (Wildman–Crippen MR) is 70.5 cm³/mol. The van der Waals surface area contributed by atoms with Crippen LogP contribution < -0.4 is 4.74 Å². The molecule has 0 amide bonds. The van der Waals surface area contributed by atoms with Crippen LogP contribution in [-0.4, -0.2) is 37.3 Å². The van der Waals surface area contributed by atoms with Gasteiger partial charge in [-0.1, -0.05) is 26.0 Å². The molecule has 0 atom stereocenters. The Labute approximate surface area is 104 Å². The molecule has 3 nitrogen and oxygen atoms in total. The number of rotatable bonds is 6.